The zero-order chi connectivity index (χ0) is 10.6. The molecule has 6 nitrogen and oxygen atoms in total. The number of hydrogen-bond acceptors (Lipinski definition) is 5. The van der Waals surface area contributed by atoms with Crippen molar-refractivity contribution in [3.05, 3.63) is 0 Å². The van der Waals surface area contributed by atoms with Crippen LogP contribution in [0.25, 0.3) is 0 Å². The van der Waals surface area contributed by atoms with E-state index >= 15 is 0 Å². The standard InChI is InChI=1S/C7H15O6P/c1-10-5-7-6(3-4-12-7)13-14(8,9)11-2/h6-7H,3-5H2,1-2H3,(H,8,9)/t6?,7-/m1/s1. The summed E-state index contributed by atoms with van der Waals surface area (Å²) in [6.45, 7) is 0.844. The van der Waals surface area contributed by atoms with Gasteiger partial charge in [0.05, 0.1) is 6.61 Å². The van der Waals surface area contributed by atoms with Crippen molar-refractivity contribution in [2.45, 2.75) is 18.6 Å². The van der Waals surface area contributed by atoms with Crippen LogP contribution in [0.3, 0.4) is 0 Å². The summed E-state index contributed by atoms with van der Waals surface area (Å²) >= 11 is 0. The molecule has 7 heteroatoms. The molecule has 0 aliphatic carbocycles. The minimum absolute atomic E-state index is 0.296. The second-order valence-corrected chi connectivity index (χ2v) is 4.46. The first-order valence-electron chi connectivity index (χ1n) is 4.26. The summed E-state index contributed by atoms with van der Waals surface area (Å²) < 4.78 is 30.5. The van der Waals surface area contributed by atoms with Crippen LogP contribution in [0.2, 0.25) is 0 Å². The maximum absolute atomic E-state index is 11.1. The maximum Gasteiger partial charge on any atom is 0.472 e. The molecule has 0 radical (unpaired) electrons. The molecule has 1 saturated heterocycles. The zero-order valence-corrected chi connectivity index (χ0v) is 9.11. The first-order chi connectivity index (χ1) is 6.59. The monoisotopic (exact) mass is 226 g/mol. The molecule has 0 saturated carbocycles. The Bertz CT molecular complexity index is 220. The SMILES string of the molecule is COC[C@H]1OCCC1OP(=O)(O)OC. The van der Waals surface area contributed by atoms with Gasteiger partial charge in [0.1, 0.15) is 12.2 Å². The van der Waals surface area contributed by atoms with Gasteiger partial charge in [-0.1, -0.05) is 0 Å². The van der Waals surface area contributed by atoms with Crippen molar-refractivity contribution in [3.63, 3.8) is 0 Å². The fourth-order valence-corrected chi connectivity index (χ4v) is 1.95. The van der Waals surface area contributed by atoms with Crippen LogP contribution in [0, 0.1) is 0 Å². The number of rotatable bonds is 5. The molecule has 3 atom stereocenters. The molecular weight excluding hydrogens is 211 g/mol. The van der Waals surface area contributed by atoms with E-state index in [0.29, 0.717) is 19.6 Å². The van der Waals surface area contributed by atoms with E-state index in [1.54, 1.807) is 0 Å². The lowest BCUT2D eigenvalue weighted by Crippen LogP contribution is -2.28. The lowest BCUT2D eigenvalue weighted by atomic mass is 10.2. The van der Waals surface area contributed by atoms with Crippen molar-refractivity contribution in [1.82, 2.24) is 0 Å². The molecule has 1 rings (SSSR count). The van der Waals surface area contributed by atoms with Crippen LogP contribution in [-0.4, -0.2) is 44.5 Å². The lowest BCUT2D eigenvalue weighted by Gasteiger charge is -2.19. The second kappa shape index (κ2) is 5.21. The molecule has 0 amide bonds. The predicted molar refractivity (Wildman–Crippen MR) is 47.9 cm³/mol. The van der Waals surface area contributed by atoms with Gasteiger partial charge in [0.2, 0.25) is 0 Å². The van der Waals surface area contributed by atoms with Crippen molar-refractivity contribution in [3.8, 4) is 0 Å². The summed E-state index contributed by atoms with van der Waals surface area (Å²) in [6, 6.07) is 0. The van der Waals surface area contributed by atoms with Crippen LogP contribution >= 0.6 is 7.82 Å². The quantitative estimate of drug-likeness (QED) is 0.690. The average Bonchev–Trinajstić information content (AvgIpc) is 2.53. The first-order valence-corrected chi connectivity index (χ1v) is 5.76. The van der Waals surface area contributed by atoms with Crippen molar-refractivity contribution < 1.29 is 28.0 Å². The molecule has 14 heavy (non-hydrogen) atoms. The van der Waals surface area contributed by atoms with Gasteiger partial charge in [-0.05, 0) is 0 Å². The molecule has 0 aromatic heterocycles. The number of ether oxygens (including phenoxy) is 2. The number of phosphoric acid groups is 1. The fourth-order valence-electron chi connectivity index (χ4n) is 1.28. The van der Waals surface area contributed by atoms with E-state index in [4.69, 9.17) is 18.9 Å². The first kappa shape index (κ1) is 12.1. The van der Waals surface area contributed by atoms with Crippen LogP contribution < -0.4 is 0 Å². The summed E-state index contributed by atoms with van der Waals surface area (Å²) in [5.41, 5.74) is 0. The number of methoxy groups -OCH3 is 1. The van der Waals surface area contributed by atoms with E-state index in [9.17, 15) is 4.57 Å². The molecule has 2 unspecified atom stereocenters. The second-order valence-electron chi connectivity index (χ2n) is 2.95. The number of phosphoric ester groups is 1. The van der Waals surface area contributed by atoms with Gasteiger partial charge in [-0.3, -0.25) is 9.05 Å². The van der Waals surface area contributed by atoms with Crippen molar-refractivity contribution in [2.24, 2.45) is 0 Å². The van der Waals surface area contributed by atoms with Gasteiger partial charge in [0.15, 0.2) is 0 Å². The van der Waals surface area contributed by atoms with Crippen LogP contribution in [0.15, 0.2) is 0 Å². The molecule has 1 N–H and O–H groups in total. The van der Waals surface area contributed by atoms with Gasteiger partial charge in [-0.15, -0.1) is 0 Å². The van der Waals surface area contributed by atoms with Crippen molar-refractivity contribution in [1.29, 1.82) is 0 Å². The van der Waals surface area contributed by atoms with Crippen LogP contribution in [0.5, 0.6) is 0 Å². The van der Waals surface area contributed by atoms with E-state index < -0.39 is 13.9 Å². The zero-order valence-electron chi connectivity index (χ0n) is 8.21. The lowest BCUT2D eigenvalue weighted by molar-refractivity contribution is -0.0115. The van der Waals surface area contributed by atoms with E-state index in [2.05, 4.69) is 4.52 Å². The Hall–Kier alpha value is 0.0300. The average molecular weight is 226 g/mol. The highest BCUT2D eigenvalue weighted by molar-refractivity contribution is 7.47. The van der Waals surface area contributed by atoms with E-state index in [1.807, 2.05) is 0 Å². The maximum atomic E-state index is 11.1. The highest BCUT2D eigenvalue weighted by Crippen LogP contribution is 2.45. The molecule has 1 aliphatic heterocycles. The minimum atomic E-state index is -3.92. The topological polar surface area (TPSA) is 74.2 Å². The van der Waals surface area contributed by atoms with E-state index in [1.165, 1.54) is 7.11 Å². The summed E-state index contributed by atoms with van der Waals surface area (Å²) in [5.74, 6) is 0. The molecule has 0 aromatic rings. The Morgan fingerprint density at radius 1 is 1.57 bits per heavy atom. The molecule has 0 aromatic carbocycles. The van der Waals surface area contributed by atoms with Crippen LogP contribution in [0.4, 0.5) is 0 Å². The van der Waals surface area contributed by atoms with Crippen molar-refractivity contribution in [2.75, 3.05) is 27.4 Å². The third-order valence-corrected chi connectivity index (χ3v) is 2.98. The Morgan fingerprint density at radius 2 is 2.29 bits per heavy atom. The van der Waals surface area contributed by atoms with Gasteiger partial charge in [0.25, 0.3) is 0 Å². The van der Waals surface area contributed by atoms with Crippen molar-refractivity contribution >= 4 is 7.82 Å². The summed E-state index contributed by atoms with van der Waals surface area (Å²) in [7, 11) is -1.26. The molecule has 1 fully saturated rings. The molecule has 84 valence electrons. The molecular formula is C7H15O6P. The molecule has 1 heterocycles. The fraction of sp³-hybridized carbons (Fsp3) is 1.00. The summed E-state index contributed by atoms with van der Waals surface area (Å²) in [5, 5.41) is 0. The molecule has 0 bridgehead atoms. The Labute approximate surface area is 82.7 Å². The Kier molecular flexibility index (Phi) is 4.50. The smallest absolute Gasteiger partial charge is 0.382 e. The predicted octanol–water partition coefficient (Wildman–Crippen LogP) is 0.554. The summed E-state index contributed by atoms with van der Waals surface area (Å²) in [4.78, 5) is 9.08. The Balaban J connectivity index is 2.47. The third-order valence-electron chi connectivity index (χ3n) is 1.98. The Morgan fingerprint density at radius 3 is 2.86 bits per heavy atom. The van der Waals surface area contributed by atoms with Crippen LogP contribution in [-0.2, 0) is 23.1 Å². The van der Waals surface area contributed by atoms with Gasteiger partial charge in [0, 0.05) is 27.2 Å². The largest absolute Gasteiger partial charge is 0.472 e. The third kappa shape index (κ3) is 3.31. The molecule has 1 aliphatic rings. The van der Waals surface area contributed by atoms with E-state index in [-0.39, 0.29) is 6.10 Å². The minimum Gasteiger partial charge on any atom is -0.382 e. The normalized spacial score (nSPS) is 31.6. The van der Waals surface area contributed by atoms with Gasteiger partial charge in [-0.25, -0.2) is 4.57 Å². The van der Waals surface area contributed by atoms with Gasteiger partial charge >= 0.3 is 7.82 Å². The highest BCUT2D eigenvalue weighted by atomic mass is 31.2. The summed E-state index contributed by atoms with van der Waals surface area (Å²) in [6.07, 6.45) is -0.163. The molecule has 0 spiro atoms. The van der Waals surface area contributed by atoms with Crippen LogP contribution in [0.1, 0.15) is 6.42 Å². The van der Waals surface area contributed by atoms with Gasteiger partial charge in [-0.2, -0.15) is 0 Å². The van der Waals surface area contributed by atoms with Gasteiger partial charge < -0.3 is 14.4 Å². The highest BCUT2D eigenvalue weighted by Gasteiger charge is 2.35. The van der Waals surface area contributed by atoms with E-state index in [0.717, 1.165) is 7.11 Å². The number of hydrogen-bond donors (Lipinski definition) is 1.